The molecule has 0 aromatic heterocycles. The average molecular weight is 364 g/mol. The maximum Gasteiger partial charge on any atom is 0.206 e. The summed E-state index contributed by atoms with van der Waals surface area (Å²) in [6.07, 6.45) is 1.89. The van der Waals surface area contributed by atoms with Crippen LogP contribution in [0.1, 0.15) is 24.3 Å². The predicted octanol–water partition coefficient (Wildman–Crippen LogP) is 3.06. The largest absolute Gasteiger partial charge is 0.381 e. The molecule has 2 atom stereocenters. The van der Waals surface area contributed by atoms with Crippen LogP contribution in [0.4, 0.5) is 14.5 Å². The minimum Gasteiger partial charge on any atom is -0.381 e. The molecule has 0 spiro atoms. The molecule has 2 aliphatic heterocycles. The standard InChI is InChI=1S/C18H18F2N2O2S/c19-11-7-12(20)9-14(8-11)25(23,24)13-1-2-17-16(10-13)15-3-5-21-6-4-18(15)22-17/h1-2,7-10,15,18,21-22H,3-6H2/t15-,18-/m1/s1. The lowest BCUT2D eigenvalue weighted by Crippen LogP contribution is -2.21. The molecule has 0 aliphatic carbocycles. The molecule has 4 rings (SSSR count). The Balaban J connectivity index is 1.76. The van der Waals surface area contributed by atoms with Crippen molar-refractivity contribution in [3.63, 3.8) is 0 Å². The number of fused-ring (bicyclic) bond motifs is 3. The molecule has 0 amide bonds. The Morgan fingerprint density at radius 3 is 2.40 bits per heavy atom. The van der Waals surface area contributed by atoms with Gasteiger partial charge in [0, 0.05) is 23.7 Å². The molecule has 132 valence electrons. The average Bonchev–Trinajstić information content (AvgIpc) is 2.74. The molecule has 25 heavy (non-hydrogen) atoms. The molecular formula is C18H18F2N2O2S. The molecule has 4 nitrogen and oxygen atoms in total. The van der Waals surface area contributed by atoms with Crippen molar-refractivity contribution in [3.8, 4) is 0 Å². The third-order valence-electron chi connectivity index (χ3n) is 4.97. The molecule has 2 aromatic carbocycles. The Morgan fingerprint density at radius 1 is 0.920 bits per heavy atom. The monoisotopic (exact) mass is 364 g/mol. The summed E-state index contributed by atoms with van der Waals surface area (Å²) in [4.78, 5) is -0.300. The third kappa shape index (κ3) is 2.91. The van der Waals surface area contributed by atoms with E-state index in [1.165, 1.54) is 6.07 Å². The van der Waals surface area contributed by atoms with Gasteiger partial charge in [-0.05, 0) is 61.8 Å². The number of rotatable bonds is 2. The number of benzene rings is 2. The topological polar surface area (TPSA) is 58.2 Å². The molecule has 1 fully saturated rings. The fourth-order valence-electron chi connectivity index (χ4n) is 3.75. The van der Waals surface area contributed by atoms with E-state index >= 15 is 0 Å². The smallest absolute Gasteiger partial charge is 0.206 e. The Bertz CT molecular complexity index is 910. The van der Waals surface area contributed by atoms with Crippen LogP contribution >= 0.6 is 0 Å². The van der Waals surface area contributed by atoms with Gasteiger partial charge in [-0.2, -0.15) is 0 Å². The van der Waals surface area contributed by atoms with Crippen molar-refractivity contribution < 1.29 is 17.2 Å². The molecular weight excluding hydrogens is 346 g/mol. The maximum atomic E-state index is 13.4. The van der Waals surface area contributed by atoms with Gasteiger partial charge in [-0.15, -0.1) is 0 Å². The van der Waals surface area contributed by atoms with Crippen molar-refractivity contribution in [2.45, 2.75) is 34.6 Å². The summed E-state index contributed by atoms with van der Waals surface area (Å²) in [5.74, 6) is -1.57. The van der Waals surface area contributed by atoms with Gasteiger partial charge in [-0.1, -0.05) is 0 Å². The van der Waals surface area contributed by atoms with Gasteiger partial charge >= 0.3 is 0 Å². The van der Waals surface area contributed by atoms with E-state index in [4.69, 9.17) is 0 Å². The molecule has 0 unspecified atom stereocenters. The second kappa shape index (κ2) is 6.07. The summed E-state index contributed by atoms with van der Waals surface area (Å²) >= 11 is 0. The maximum absolute atomic E-state index is 13.4. The Hall–Kier alpha value is -1.99. The van der Waals surface area contributed by atoms with Gasteiger partial charge in [0.2, 0.25) is 9.84 Å². The van der Waals surface area contributed by atoms with Crippen LogP contribution in [0.15, 0.2) is 46.2 Å². The van der Waals surface area contributed by atoms with Crippen LogP contribution in [0.3, 0.4) is 0 Å². The van der Waals surface area contributed by atoms with E-state index in [2.05, 4.69) is 10.6 Å². The molecule has 2 N–H and O–H groups in total. The van der Waals surface area contributed by atoms with Crippen molar-refractivity contribution >= 4 is 15.5 Å². The van der Waals surface area contributed by atoms with Gasteiger partial charge in [0.05, 0.1) is 9.79 Å². The molecule has 2 aromatic rings. The first-order valence-corrected chi connectivity index (χ1v) is 9.76. The van der Waals surface area contributed by atoms with Gasteiger partial charge in [-0.3, -0.25) is 0 Å². The van der Waals surface area contributed by atoms with Crippen LogP contribution in [-0.2, 0) is 9.84 Å². The lowest BCUT2D eigenvalue weighted by molar-refractivity contribution is 0.566. The normalized spacial score (nSPS) is 22.6. The summed E-state index contributed by atoms with van der Waals surface area (Å²) in [5, 5.41) is 6.81. The van der Waals surface area contributed by atoms with Crippen LogP contribution in [0.25, 0.3) is 0 Å². The Kier molecular flexibility index (Phi) is 4.00. The van der Waals surface area contributed by atoms with Gasteiger partial charge in [-0.25, -0.2) is 17.2 Å². The minimum atomic E-state index is -3.98. The van der Waals surface area contributed by atoms with Crippen molar-refractivity contribution in [2.75, 3.05) is 18.4 Å². The number of nitrogens with one attached hydrogen (secondary N) is 2. The zero-order chi connectivity index (χ0) is 17.6. The highest BCUT2D eigenvalue weighted by Gasteiger charge is 2.34. The molecule has 0 bridgehead atoms. The van der Waals surface area contributed by atoms with Gasteiger partial charge in [0.1, 0.15) is 11.6 Å². The minimum absolute atomic E-state index is 0.0657. The molecule has 1 saturated heterocycles. The van der Waals surface area contributed by atoms with E-state index in [0.29, 0.717) is 6.07 Å². The molecule has 2 heterocycles. The second-order valence-corrected chi connectivity index (χ2v) is 8.49. The van der Waals surface area contributed by atoms with Crippen molar-refractivity contribution in [1.82, 2.24) is 5.32 Å². The van der Waals surface area contributed by atoms with E-state index < -0.39 is 21.5 Å². The highest BCUT2D eigenvalue weighted by molar-refractivity contribution is 7.91. The van der Waals surface area contributed by atoms with Crippen LogP contribution in [0.5, 0.6) is 0 Å². The van der Waals surface area contributed by atoms with Crippen LogP contribution < -0.4 is 10.6 Å². The van der Waals surface area contributed by atoms with Crippen molar-refractivity contribution in [1.29, 1.82) is 0 Å². The summed E-state index contributed by atoms with van der Waals surface area (Å²) < 4.78 is 52.5. The van der Waals surface area contributed by atoms with E-state index in [1.807, 2.05) is 0 Å². The highest BCUT2D eigenvalue weighted by atomic mass is 32.2. The lowest BCUT2D eigenvalue weighted by atomic mass is 9.91. The fraction of sp³-hybridized carbons (Fsp3) is 0.333. The Morgan fingerprint density at radius 2 is 1.64 bits per heavy atom. The first kappa shape index (κ1) is 16.5. The first-order valence-electron chi connectivity index (χ1n) is 8.27. The van der Waals surface area contributed by atoms with Crippen molar-refractivity contribution in [3.05, 3.63) is 53.6 Å². The summed E-state index contributed by atoms with van der Waals surface area (Å²) in [5.41, 5.74) is 1.91. The molecule has 0 radical (unpaired) electrons. The van der Waals surface area contributed by atoms with Crippen LogP contribution in [-0.4, -0.2) is 27.5 Å². The van der Waals surface area contributed by atoms with Gasteiger partial charge < -0.3 is 10.6 Å². The highest BCUT2D eigenvalue weighted by Crippen LogP contribution is 2.41. The number of anilines is 1. The predicted molar refractivity (Wildman–Crippen MR) is 90.5 cm³/mol. The second-order valence-electron chi connectivity index (χ2n) is 6.54. The van der Waals surface area contributed by atoms with E-state index in [0.717, 1.165) is 49.3 Å². The number of hydrogen-bond acceptors (Lipinski definition) is 4. The molecule has 2 aliphatic rings. The molecule has 7 heteroatoms. The summed E-state index contributed by atoms with van der Waals surface area (Å²) in [7, 11) is -3.98. The number of sulfone groups is 1. The zero-order valence-electron chi connectivity index (χ0n) is 13.4. The van der Waals surface area contributed by atoms with E-state index in [-0.39, 0.29) is 21.8 Å². The summed E-state index contributed by atoms with van der Waals surface area (Å²) in [6, 6.07) is 7.54. The molecule has 0 saturated carbocycles. The van der Waals surface area contributed by atoms with Gasteiger partial charge in [0.25, 0.3) is 0 Å². The van der Waals surface area contributed by atoms with E-state index in [1.54, 1.807) is 12.1 Å². The SMILES string of the molecule is O=S(=O)(c1cc(F)cc(F)c1)c1ccc2c(c1)[C@H]1CCNCC[C@H]1N2. The third-order valence-corrected chi connectivity index (χ3v) is 6.70. The van der Waals surface area contributed by atoms with E-state index in [9.17, 15) is 17.2 Å². The van der Waals surface area contributed by atoms with Crippen LogP contribution in [0, 0.1) is 11.6 Å². The summed E-state index contributed by atoms with van der Waals surface area (Å²) in [6.45, 7) is 1.81. The lowest BCUT2D eigenvalue weighted by Gasteiger charge is -2.16. The number of hydrogen-bond donors (Lipinski definition) is 2. The fourth-order valence-corrected chi connectivity index (χ4v) is 5.09. The Labute approximate surface area is 145 Å². The van der Waals surface area contributed by atoms with Crippen LogP contribution in [0.2, 0.25) is 0 Å². The zero-order valence-corrected chi connectivity index (χ0v) is 14.2. The van der Waals surface area contributed by atoms with Gasteiger partial charge in [0.15, 0.2) is 0 Å². The number of halogens is 2. The first-order chi connectivity index (χ1) is 11.9. The quantitative estimate of drug-likeness (QED) is 0.860. The van der Waals surface area contributed by atoms with Crippen molar-refractivity contribution in [2.24, 2.45) is 0 Å².